The van der Waals surface area contributed by atoms with E-state index < -0.39 is 0 Å². The lowest BCUT2D eigenvalue weighted by atomic mass is 10.2. The standard InChI is InChI=1S/C18H24N4O/c1-3-14(2)21-10-12-22(13-11-21)18(23)20-16-8-4-6-15-7-5-9-19-17(15)16/h4-9,14H,3,10-13H2,1-2H3,(H,20,23). The highest BCUT2D eigenvalue weighted by Crippen LogP contribution is 2.21. The van der Waals surface area contributed by atoms with E-state index in [1.54, 1.807) is 6.20 Å². The number of carbonyl (C=O) groups is 1. The molecule has 3 rings (SSSR count). The zero-order valence-corrected chi connectivity index (χ0v) is 13.8. The molecule has 1 unspecified atom stereocenters. The van der Waals surface area contributed by atoms with Crippen molar-refractivity contribution in [1.82, 2.24) is 14.8 Å². The first-order valence-electron chi connectivity index (χ1n) is 8.32. The van der Waals surface area contributed by atoms with E-state index in [4.69, 9.17) is 0 Å². The molecule has 1 atom stereocenters. The number of fused-ring (bicyclic) bond motifs is 1. The van der Waals surface area contributed by atoms with Gasteiger partial charge in [0, 0.05) is 43.8 Å². The van der Waals surface area contributed by atoms with E-state index in [2.05, 4.69) is 29.0 Å². The third-order valence-electron chi connectivity index (χ3n) is 4.69. The average Bonchev–Trinajstić information content (AvgIpc) is 2.61. The topological polar surface area (TPSA) is 48.5 Å². The van der Waals surface area contributed by atoms with Crippen LogP contribution in [0.25, 0.3) is 10.9 Å². The van der Waals surface area contributed by atoms with Crippen molar-refractivity contribution in [1.29, 1.82) is 0 Å². The molecule has 1 N–H and O–H groups in total. The SMILES string of the molecule is CCC(C)N1CCN(C(=O)Nc2cccc3cccnc23)CC1. The van der Waals surface area contributed by atoms with E-state index in [0.717, 1.165) is 49.2 Å². The number of piperazine rings is 1. The molecular formula is C18H24N4O. The molecule has 1 fully saturated rings. The summed E-state index contributed by atoms with van der Waals surface area (Å²) < 4.78 is 0. The first-order valence-corrected chi connectivity index (χ1v) is 8.32. The normalized spacial score (nSPS) is 17.2. The van der Waals surface area contributed by atoms with Crippen LogP contribution in [-0.2, 0) is 0 Å². The second-order valence-electron chi connectivity index (χ2n) is 6.09. The van der Waals surface area contributed by atoms with E-state index in [9.17, 15) is 4.79 Å². The van der Waals surface area contributed by atoms with Gasteiger partial charge in [0.05, 0.1) is 11.2 Å². The van der Waals surface area contributed by atoms with Crippen molar-refractivity contribution in [2.24, 2.45) is 0 Å². The predicted molar refractivity (Wildman–Crippen MR) is 93.7 cm³/mol. The van der Waals surface area contributed by atoms with Crippen LogP contribution in [0, 0.1) is 0 Å². The van der Waals surface area contributed by atoms with Gasteiger partial charge in [0.25, 0.3) is 0 Å². The number of anilines is 1. The van der Waals surface area contributed by atoms with Crippen LogP contribution in [0.5, 0.6) is 0 Å². The van der Waals surface area contributed by atoms with Crippen molar-refractivity contribution in [3.05, 3.63) is 36.5 Å². The van der Waals surface area contributed by atoms with Crippen molar-refractivity contribution < 1.29 is 4.79 Å². The number of hydrogen-bond donors (Lipinski definition) is 1. The van der Waals surface area contributed by atoms with E-state index in [1.165, 1.54) is 0 Å². The van der Waals surface area contributed by atoms with Crippen molar-refractivity contribution in [3.63, 3.8) is 0 Å². The largest absolute Gasteiger partial charge is 0.322 e. The minimum absolute atomic E-state index is 0.0352. The Kier molecular flexibility index (Phi) is 4.76. The maximum atomic E-state index is 12.5. The Bertz CT molecular complexity index is 674. The molecule has 0 radical (unpaired) electrons. The highest BCUT2D eigenvalue weighted by molar-refractivity contribution is 5.99. The van der Waals surface area contributed by atoms with Crippen LogP contribution in [0.3, 0.4) is 0 Å². The summed E-state index contributed by atoms with van der Waals surface area (Å²) in [4.78, 5) is 21.2. The summed E-state index contributed by atoms with van der Waals surface area (Å²) in [5.41, 5.74) is 1.61. The monoisotopic (exact) mass is 312 g/mol. The van der Waals surface area contributed by atoms with Crippen LogP contribution >= 0.6 is 0 Å². The van der Waals surface area contributed by atoms with Gasteiger partial charge in [0.15, 0.2) is 0 Å². The van der Waals surface area contributed by atoms with Crippen LogP contribution in [0.1, 0.15) is 20.3 Å². The third-order valence-corrected chi connectivity index (χ3v) is 4.69. The quantitative estimate of drug-likeness (QED) is 0.947. The summed E-state index contributed by atoms with van der Waals surface area (Å²) in [5.74, 6) is 0. The fourth-order valence-electron chi connectivity index (χ4n) is 3.02. The van der Waals surface area contributed by atoms with Gasteiger partial charge in [-0.05, 0) is 25.5 Å². The van der Waals surface area contributed by atoms with Gasteiger partial charge >= 0.3 is 6.03 Å². The fraction of sp³-hybridized carbons (Fsp3) is 0.444. The molecule has 5 nitrogen and oxygen atoms in total. The summed E-state index contributed by atoms with van der Waals surface area (Å²) in [5, 5.41) is 4.05. The number of nitrogens with one attached hydrogen (secondary N) is 1. The first-order chi connectivity index (χ1) is 11.2. The fourth-order valence-corrected chi connectivity index (χ4v) is 3.02. The average molecular weight is 312 g/mol. The summed E-state index contributed by atoms with van der Waals surface area (Å²) >= 11 is 0. The van der Waals surface area contributed by atoms with Gasteiger partial charge in [-0.25, -0.2) is 4.79 Å². The Labute approximate surface area is 137 Å². The van der Waals surface area contributed by atoms with Crippen LogP contribution in [-0.4, -0.2) is 53.0 Å². The van der Waals surface area contributed by atoms with E-state index >= 15 is 0 Å². The first kappa shape index (κ1) is 15.7. The summed E-state index contributed by atoms with van der Waals surface area (Å²) in [6.45, 7) is 7.88. The van der Waals surface area contributed by atoms with Crippen molar-refractivity contribution >= 4 is 22.6 Å². The Morgan fingerprint density at radius 2 is 1.96 bits per heavy atom. The maximum Gasteiger partial charge on any atom is 0.321 e. The Balaban J connectivity index is 1.66. The number of urea groups is 1. The van der Waals surface area contributed by atoms with Gasteiger partial charge in [0.1, 0.15) is 0 Å². The lowest BCUT2D eigenvalue weighted by molar-refractivity contribution is 0.117. The molecule has 0 aliphatic carbocycles. The van der Waals surface area contributed by atoms with Gasteiger partial charge < -0.3 is 10.2 Å². The maximum absolute atomic E-state index is 12.5. The molecule has 0 bridgehead atoms. The van der Waals surface area contributed by atoms with Gasteiger partial charge in [-0.2, -0.15) is 0 Å². The van der Waals surface area contributed by atoms with Crippen LogP contribution < -0.4 is 5.32 Å². The highest BCUT2D eigenvalue weighted by Gasteiger charge is 2.23. The summed E-state index contributed by atoms with van der Waals surface area (Å²) in [6, 6.07) is 10.3. The minimum Gasteiger partial charge on any atom is -0.322 e. The summed E-state index contributed by atoms with van der Waals surface area (Å²) in [7, 11) is 0. The van der Waals surface area contributed by atoms with Crippen LogP contribution in [0.15, 0.2) is 36.5 Å². The van der Waals surface area contributed by atoms with Gasteiger partial charge in [-0.1, -0.05) is 25.1 Å². The lowest BCUT2D eigenvalue weighted by Crippen LogP contribution is -2.52. The molecule has 2 aromatic rings. The molecule has 23 heavy (non-hydrogen) atoms. The highest BCUT2D eigenvalue weighted by atomic mass is 16.2. The molecule has 1 aliphatic rings. The van der Waals surface area contributed by atoms with Crippen LogP contribution in [0.2, 0.25) is 0 Å². The number of amides is 2. The lowest BCUT2D eigenvalue weighted by Gasteiger charge is -2.37. The molecule has 2 amide bonds. The minimum atomic E-state index is -0.0352. The smallest absolute Gasteiger partial charge is 0.321 e. The molecular weight excluding hydrogens is 288 g/mol. The van der Waals surface area contributed by atoms with Crippen molar-refractivity contribution in [2.45, 2.75) is 26.3 Å². The second kappa shape index (κ2) is 6.96. The van der Waals surface area contributed by atoms with Crippen LogP contribution in [0.4, 0.5) is 10.5 Å². The molecule has 2 heterocycles. The molecule has 1 saturated heterocycles. The predicted octanol–water partition coefficient (Wildman–Crippen LogP) is 3.18. The zero-order chi connectivity index (χ0) is 16.2. The number of pyridine rings is 1. The zero-order valence-electron chi connectivity index (χ0n) is 13.8. The number of aromatic nitrogens is 1. The molecule has 0 spiro atoms. The number of benzene rings is 1. The third kappa shape index (κ3) is 3.45. The molecule has 1 aromatic heterocycles. The van der Waals surface area contributed by atoms with Gasteiger partial charge in [0.2, 0.25) is 0 Å². The van der Waals surface area contributed by atoms with Crippen molar-refractivity contribution in [2.75, 3.05) is 31.5 Å². The van der Waals surface area contributed by atoms with Gasteiger partial charge in [-0.3, -0.25) is 9.88 Å². The Hall–Kier alpha value is -2.14. The Morgan fingerprint density at radius 3 is 2.70 bits per heavy atom. The number of para-hydroxylation sites is 1. The van der Waals surface area contributed by atoms with E-state index in [1.807, 2.05) is 35.2 Å². The molecule has 5 heteroatoms. The summed E-state index contributed by atoms with van der Waals surface area (Å²) in [6.07, 6.45) is 2.90. The number of nitrogens with zero attached hydrogens (tertiary/aromatic N) is 3. The number of rotatable bonds is 3. The van der Waals surface area contributed by atoms with E-state index in [0.29, 0.717) is 6.04 Å². The molecule has 1 aromatic carbocycles. The Morgan fingerprint density at radius 1 is 1.22 bits per heavy atom. The van der Waals surface area contributed by atoms with Crippen molar-refractivity contribution in [3.8, 4) is 0 Å². The number of carbonyl (C=O) groups excluding carboxylic acids is 1. The molecule has 0 saturated carbocycles. The molecule has 122 valence electrons. The number of hydrogen-bond acceptors (Lipinski definition) is 3. The van der Waals surface area contributed by atoms with Gasteiger partial charge in [-0.15, -0.1) is 0 Å². The van der Waals surface area contributed by atoms with E-state index in [-0.39, 0.29) is 6.03 Å². The molecule has 1 aliphatic heterocycles. The second-order valence-corrected chi connectivity index (χ2v) is 6.09.